The van der Waals surface area contributed by atoms with Crippen molar-refractivity contribution < 1.29 is 14.1 Å². The first-order valence-electron chi connectivity index (χ1n) is 7.76. The second kappa shape index (κ2) is 8.22. The van der Waals surface area contributed by atoms with E-state index in [4.69, 9.17) is 4.42 Å². The van der Waals surface area contributed by atoms with Gasteiger partial charge in [-0.05, 0) is 12.1 Å². The van der Waals surface area contributed by atoms with Crippen molar-refractivity contribution in [3.63, 3.8) is 0 Å². The molecule has 1 N–H and O–H groups in total. The molecule has 0 radical (unpaired) electrons. The van der Waals surface area contributed by atoms with Gasteiger partial charge >= 0.3 is 0 Å². The van der Waals surface area contributed by atoms with Crippen LogP contribution < -0.4 is 5.32 Å². The minimum Gasteiger partial charge on any atom is -0.411 e. The molecule has 0 unspecified atom stereocenters. The van der Waals surface area contributed by atoms with Gasteiger partial charge in [0.25, 0.3) is 10.9 Å². The highest BCUT2D eigenvalue weighted by molar-refractivity contribution is 7.99. The minimum absolute atomic E-state index is 0.0261. The Hall–Kier alpha value is -2.86. The Morgan fingerprint density at radius 3 is 2.63 bits per heavy atom. The summed E-state index contributed by atoms with van der Waals surface area (Å²) in [6.07, 6.45) is 0. The number of hydrogen-bond donors (Lipinski definition) is 1. The molecule has 3 rings (SSSR count). The number of carbonyl (C=O) groups excluding carboxylic acids is 1. The quantitative estimate of drug-likeness (QED) is 0.355. The van der Waals surface area contributed by atoms with Gasteiger partial charge in [-0.3, -0.25) is 20.2 Å². The Morgan fingerprint density at radius 2 is 2.00 bits per heavy atom. The molecule has 1 amide bonds. The zero-order valence-electron chi connectivity index (χ0n) is 14.3. The van der Waals surface area contributed by atoms with Crippen LogP contribution in [0.25, 0.3) is 11.5 Å². The van der Waals surface area contributed by atoms with Crippen LogP contribution in [0.3, 0.4) is 0 Å². The van der Waals surface area contributed by atoms with E-state index in [0.29, 0.717) is 10.7 Å². The first-order valence-corrected chi connectivity index (χ1v) is 9.57. The van der Waals surface area contributed by atoms with Crippen LogP contribution in [0.5, 0.6) is 0 Å². The molecule has 27 heavy (non-hydrogen) atoms. The van der Waals surface area contributed by atoms with Gasteiger partial charge in [-0.15, -0.1) is 20.4 Å². The molecule has 0 spiro atoms. The van der Waals surface area contributed by atoms with Crippen molar-refractivity contribution in [2.75, 3.05) is 11.1 Å². The number of non-ortho nitro benzene ring substituents is 1. The predicted molar refractivity (Wildman–Crippen MR) is 99.7 cm³/mol. The predicted octanol–water partition coefficient (Wildman–Crippen LogP) is 3.35. The second-order valence-electron chi connectivity index (χ2n) is 5.61. The van der Waals surface area contributed by atoms with Crippen LogP contribution in [0.15, 0.2) is 33.9 Å². The fourth-order valence-electron chi connectivity index (χ4n) is 1.91. The molecule has 0 aliphatic heterocycles. The molecular formula is C15H14N6O4S2. The maximum absolute atomic E-state index is 12.0. The van der Waals surface area contributed by atoms with E-state index in [2.05, 4.69) is 25.7 Å². The Kier molecular flexibility index (Phi) is 5.76. The third kappa shape index (κ3) is 4.86. The van der Waals surface area contributed by atoms with Crippen LogP contribution in [-0.4, -0.2) is 37.0 Å². The van der Waals surface area contributed by atoms with E-state index < -0.39 is 4.92 Å². The normalized spacial score (nSPS) is 10.9. The first-order chi connectivity index (χ1) is 12.9. The van der Waals surface area contributed by atoms with Gasteiger partial charge in [0, 0.05) is 23.6 Å². The van der Waals surface area contributed by atoms with Gasteiger partial charge in [0.2, 0.25) is 16.9 Å². The number of hydrogen-bond acceptors (Lipinski definition) is 10. The molecule has 140 valence electrons. The van der Waals surface area contributed by atoms with E-state index in [-0.39, 0.29) is 34.4 Å². The smallest absolute Gasteiger partial charge is 0.277 e. The fourth-order valence-corrected chi connectivity index (χ4v) is 3.24. The maximum Gasteiger partial charge on any atom is 0.277 e. The molecule has 0 atom stereocenters. The number of carbonyl (C=O) groups is 1. The average molecular weight is 406 g/mol. The molecule has 0 saturated heterocycles. The molecular weight excluding hydrogens is 392 g/mol. The third-order valence-electron chi connectivity index (χ3n) is 3.24. The molecule has 1 aromatic carbocycles. The summed E-state index contributed by atoms with van der Waals surface area (Å²) in [5.41, 5.74) is 0.529. The highest BCUT2D eigenvalue weighted by Crippen LogP contribution is 2.26. The number of anilines is 1. The summed E-state index contributed by atoms with van der Waals surface area (Å²) in [5, 5.41) is 30.5. The minimum atomic E-state index is -0.487. The lowest BCUT2D eigenvalue weighted by Gasteiger charge is -1.98. The van der Waals surface area contributed by atoms with Crippen molar-refractivity contribution in [3.05, 3.63) is 39.4 Å². The molecule has 0 aliphatic rings. The van der Waals surface area contributed by atoms with E-state index in [1.54, 1.807) is 0 Å². The number of aromatic nitrogens is 4. The Balaban J connectivity index is 1.55. The number of nitrogens with zero attached hydrogens (tertiary/aromatic N) is 5. The molecule has 0 aliphatic carbocycles. The number of nitrogens with one attached hydrogen (secondary N) is 1. The lowest BCUT2D eigenvalue weighted by atomic mass is 10.2. The summed E-state index contributed by atoms with van der Waals surface area (Å²) in [7, 11) is 0. The van der Waals surface area contributed by atoms with Gasteiger partial charge in [-0.25, -0.2) is 0 Å². The fraction of sp³-hybridized carbons (Fsp3) is 0.267. The van der Waals surface area contributed by atoms with Crippen LogP contribution in [0.1, 0.15) is 24.8 Å². The standard InChI is InChI=1S/C15H14N6O4S2/c1-8(2)13-18-19-14(27-13)16-11(22)7-26-15-20-17-12(25-15)9-3-5-10(6-4-9)21(23)24/h3-6,8H,7H2,1-2H3,(H,16,19,22). The van der Waals surface area contributed by atoms with Gasteiger partial charge in [0.1, 0.15) is 5.01 Å². The topological polar surface area (TPSA) is 137 Å². The lowest BCUT2D eigenvalue weighted by Crippen LogP contribution is -2.13. The van der Waals surface area contributed by atoms with Crippen molar-refractivity contribution in [1.29, 1.82) is 0 Å². The number of rotatable bonds is 7. The number of nitro benzene ring substituents is 1. The summed E-state index contributed by atoms with van der Waals surface area (Å²) < 4.78 is 5.47. The van der Waals surface area contributed by atoms with E-state index in [1.807, 2.05) is 13.8 Å². The van der Waals surface area contributed by atoms with Crippen LogP contribution in [-0.2, 0) is 4.79 Å². The van der Waals surface area contributed by atoms with E-state index >= 15 is 0 Å². The van der Waals surface area contributed by atoms with Crippen LogP contribution in [0.2, 0.25) is 0 Å². The molecule has 3 aromatic rings. The van der Waals surface area contributed by atoms with Gasteiger partial charge in [0.05, 0.1) is 10.7 Å². The van der Waals surface area contributed by atoms with Crippen molar-refractivity contribution >= 4 is 39.8 Å². The molecule has 12 heteroatoms. The number of amides is 1. The van der Waals surface area contributed by atoms with Gasteiger partial charge in [-0.1, -0.05) is 36.9 Å². The first kappa shape index (κ1) is 18.9. The molecule has 2 heterocycles. The highest BCUT2D eigenvalue weighted by atomic mass is 32.2. The van der Waals surface area contributed by atoms with Crippen LogP contribution in [0.4, 0.5) is 10.8 Å². The number of benzene rings is 1. The van der Waals surface area contributed by atoms with Crippen LogP contribution in [0, 0.1) is 10.1 Å². The SMILES string of the molecule is CC(C)c1nnc(NC(=O)CSc2nnc(-c3ccc([N+](=O)[O-])cc3)o2)s1. The van der Waals surface area contributed by atoms with Crippen LogP contribution >= 0.6 is 23.1 Å². The van der Waals surface area contributed by atoms with Crippen molar-refractivity contribution in [2.45, 2.75) is 25.0 Å². The Bertz CT molecular complexity index is 953. The van der Waals surface area contributed by atoms with Gasteiger partial charge in [-0.2, -0.15) is 0 Å². The Labute approximate surface area is 161 Å². The summed E-state index contributed by atoms with van der Waals surface area (Å²) in [5.74, 6) is 0.275. The molecule has 2 aromatic heterocycles. The van der Waals surface area contributed by atoms with Crippen molar-refractivity contribution in [2.24, 2.45) is 0 Å². The largest absolute Gasteiger partial charge is 0.411 e. The monoisotopic (exact) mass is 406 g/mol. The summed E-state index contributed by atoms with van der Waals surface area (Å²) >= 11 is 2.41. The zero-order valence-corrected chi connectivity index (χ0v) is 15.9. The maximum atomic E-state index is 12.0. The average Bonchev–Trinajstić information content (AvgIpc) is 3.29. The van der Waals surface area contributed by atoms with Crippen molar-refractivity contribution in [3.8, 4) is 11.5 Å². The second-order valence-corrected chi connectivity index (χ2v) is 7.55. The van der Waals surface area contributed by atoms with E-state index in [0.717, 1.165) is 16.8 Å². The van der Waals surface area contributed by atoms with Gasteiger partial charge < -0.3 is 4.42 Å². The van der Waals surface area contributed by atoms with Crippen molar-refractivity contribution in [1.82, 2.24) is 20.4 Å². The number of nitro groups is 1. The zero-order chi connectivity index (χ0) is 19.4. The summed E-state index contributed by atoms with van der Waals surface area (Å²) in [6.45, 7) is 4.00. The van der Waals surface area contributed by atoms with E-state index in [1.165, 1.54) is 35.6 Å². The highest BCUT2D eigenvalue weighted by Gasteiger charge is 2.14. The van der Waals surface area contributed by atoms with Gasteiger partial charge in [0.15, 0.2) is 0 Å². The molecule has 0 bridgehead atoms. The third-order valence-corrected chi connectivity index (χ3v) is 5.20. The summed E-state index contributed by atoms with van der Waals surface area (Å²) in [4.78, 5) is 22.2. The lowest BCUT2D eigenvalue weighted by molar-refractivity contribution is -0.384. The van der Waals surface area contributed by atoms with E-state index in [9.17, 15) is 14.9 Å². The summed E-state index contributed by atoms with van der Waals surface area (Å²) in [6, 6.07) is 5.75. The molecule has 10 nitrogen and oxygen atoms in total. The molecule has 0 saturated carbocycles. The Morgan fingerprint density at radius 1 is 1.26 bits per heavy atom. The number of thioether (sulfide) groups is 1. The molecule has 0 fully saturated rings.